The van der Waals surface area contributed by atoms with Gasteiger partial charge in [0, 0.05) is 27.3 Å². The molecule has 0 saturated carbocycles. The molecule has 0 bridgehead atoms. The van der Waals surface area contributed by atoms with Gasteiger partial charge in [0.05, 0.1) is 16.8 Å². The molecule has 0 atom stereocenters. The van der Waals surface area contributed by atoms with Crippen molar-refractivity contribution in [3.8, 4) is 22.7 Å². The number of rotatable bonds is 4. The molecule has 0 aliphatic heterocycles. The lowest BCUT2D eigenvalue weighted by atomic mass is 10.0. The topological polar surface area (TPSA) is 51.8 Å². The Balaban J connectivity index is 1.62. The van der Waals surface area contributed by atoms with E-state index < -0.39 is 0 Å². The highest BCUT2D eigenvalue weighted by Gasteiger charge is 2.15. The van der Waals surface area contributed by atoms with Crippen molar-refractivity contribution < 1.29 is 4.52 Å². The minimum Gasteiger partial charge on any atom is -0.334 e. The molecular formula is C22H14ClN3OS. The SMILES string of the molecule is Clc1ccc(-c2cc(-c3nc(Cc4cccs4)no3)c3ccccc3n2)cc1. The molecule has 5 aromatic rings. The van der Waals surface area contributed by atoms with E-state index in [1.54, 1.807) is 11.3 Å². The van der Waals surface area contributed by atoms with Crippen LogP contribution < -0.4 is 0 Å². The Morgan fingerprint density at radius 2 is 1.79 bits per heavy atom. The van der Waals surface area contributed by atoms with E-state index in [4.69, 9.17) is 21.1 Å². The largest absolute Gasteiger partial charge is 0.334 e. The zero-order chi connectivity index (χ0) is 18.9. The first-order chi connectivity index (χ1) is 13.8. The maximum Gasteiger partial charge on any atom is 0.258 e. The molecule has 2 aromatic carbocycles. The van der Waals surface area contributed by atoms with E-state index in [0.29, 0.717) is 23.2 Å². The van der Waals surface area contributed by atoms with E-state index in [0.717, 1.165) is 27.7 Å². The van der Waals surface area contributed by atoms with Gasteiger partial charge in [-0.25, -0.2) is 4.98 Å². The van der Waals surface area contributed by atoms with Crippen molar-refractivity contribution in [1.29, 1.82) is 0 Å². The molecule has 5 rings (SSSR count). The molecule has 0 amide bonds. The molecule has 0 saturated heterocycles. The Kier molecular flexibility index (Phi) is 4.39. The third-order valence-electron chi connectivity index (χ3n) is 4.47. The van der Waals surface area contributed by atoms with Crippen LogP contribution in [0, 0.1) is 0 Å². The molecule has 0 radical (unpaired) electrons. The van der Waals surface area contributed by atoms with Crippen LogP contribution in [0.2, 0.25) is 5.02 Å². The quantitative estimate of drug-likeness (QED) is 0.355. The Morgan fingerprint density at radius 1 is 0.929 bits per heavy atom. The highest BCUT2D eigenvalue weighted by molar-refractivity contribution is 7.09. The normalized spacial score (nSPS) is 11.2. The van der Waals surface area contributed by atoms with Gasteiger partial charge in [-0.05, 0) is 35.7 Å². The molecule has 3 aromatic heterocycles. The van der Waals surface area contributed by atoms with E-state index in [1.807, 2.05) is 66.0 Å². The summed E-state index contributed by atoms with van der Waals surface area (Å²) in [7, 11) is 0. The Labute approximate surface area is 170 Å². The Hall–Kier alpha value is -3.02. The summed E-state index contributed by atoms with van der Waals surface area (Å²) < 4.78 is 5.61. The summed E-state index contributed by atoms with van der Waals surface area (Å²) in [5, 5.41) is 7.89. The fourth-order valence-corrected chi connectivity index (χ4v) is 3.95. The lowest BCUT2D eigenvalue weighted by Crippen LogP contribution is -1.91. The van der Waals surface area contributed by atoms with Gasteiger partial charge in [0.25, 0.3) is 5.89 Å². The molecule has 4 nitrogen and oxygen atoms in total. The predicted octanol–water partition coefficient (Wildman–Crippen LogP) is 6.26. The predicted molar refractivity (Wildman–Crippen MR) is 113 cm³/mol. The summed E-state index contributed by atoms with van der Waals surface area (Å²) in [5.74, 6) is 1.17. The van der Waals surface area contributed by atoms with Crippen molar-refractivity contribution in [3.63, 3.8) is 0 Å². The molecule has 0 aliphatic carbocycles. The zero-order valence-corrected chi connectivity index (χ0v) is 16.2. The number of nitrogens with zero attached hydrogens (tertiary/aromatic N) is 3. The Morgan fingerprint density at radius 3 is 2.61 bits per heavy atom. The first kappa shape index (κ1) is 17.1. The monoisotopic (exact) mass is 403 g/mol. The van der Waals surface area contributed by atoms with Crippen molar-refractivity contribution in [2.24, 2.45) is 0 Å². The van der Waals surface area contributed by atoms with Gasteiger partial charge in [-0.2, -0.15) is 4.98 Å². The molecule has 0 fully saturated rings. The van der Waals surface area contributed by atoms with Crippen molar-refractivity contribution in [2.75, 3.05) is 0 Å². The van der Waals surface area contributed by atoms with Crippen LogP contribution in [0.15, 0.2) is 76.6 Å². The summed E-state index contributed by atoms with van der Waals surface area (Å²) >= 11 is 7.71. The van der Waals surface area contributed by atoms with Crippen LogP contribution in [-0.4, -0.2) is 15.1 Å². The van der Waals surface area contributed by atoms with Gasteiger partial charge < -0.3 is 4.52 Å². The number of pyridine rings is 1. The number of halogens is 1. The summed E-state index contributed by atoms with van der Waals surface area (Å²) in [6.07, 6.45) is 0.661. The first-order valence-corrected chi connectivity index (χ1v) is 10.0. The van der Waals surface area contributed by atoms with E-state index in [2.05, 4.69) is 16.2 Å². The van der Waals surface area contributed by atoms with E-state index in [9.17, 15) is 0 Å². The Bertz CT molecular complexity index is 1250. The molecule has 28 heavy (non-hydrogen) atoms. The van der Waals surface area contributed by atoms with Crippen LogP contribution in [0.5, 0.6) is 0 Å². The first-order valence-electron chi connectivity index (χ1n) is 8.77. The standard InChI is InChI=1S/C22H14ClN3OS/c23-15-9-7-14(8-10-15)20-13-18(17-5-1-2-6-19(17)24-20)22-25-21(26-27-22)12-16-4-3-11-28-16/h1-11,13H,12H2. The van der Waals surface area contributed by atoms with Gasteiger partial charge in [0.1, 0.15) is 0 Å². The second-order valence-electron chi connectivity index (χ2n) is 6.35. The molecule has 0 spiro atoms. The van der Waals surface area contributed by atoms with Gasteiger partial charge >= 0.3 is 0 Å². The van der Waals surface area contributed by atoms with E-state index in [1.165, 1.54) is 4.88 Å². The van der Waals surface area contributed by atoms with Gasteiger partial charge in [-0.3, -0.25) is 0 Å². The van der Waals surface area contributed by atoms with Gasteiger partial charge in [0.15, 0.2) is 5.82 Å². The van der Waals surface area contributed by atoms with Gasteiger partial charge in [0.2, 0.25) is 0 Å². The second-order valence-corrected chi connectivity index (χ2v) is 7.82. The molecule has 0 aliphatic rings. The van der Waals surface area contributed by atoms with E-state index >= 15 is 0 Å². The third kappa shape index (κ3) is 3.30. The van der Waals surface area contributed by atoms with Crippen LogP contribution in [0.3, 0.4) is 0 Å². The van der Waals surface area contributed by atoms with Crippen LogP contribution in [0.4, 0.5) is 0 Å². The summed E-state index contributed by atoms with van der Waals surface area (Å²) in [4.78, 5) is 10.6. The molecule has 6 heteroatoms. The van der Waals surface area contributed by atoms with Crippen LogP contribution in [0.25, 0.3) is 33.6 Å². The summed E-state index contributed by atoms with van der Waals surface area (Å²) in [5.41, 5.74) is 3.57. The number of hydrogen-bond donors (Lipinski definition) is 0. The lowest BCUT2D eigenvalue weighted by Gasteiger charge is -2.07. The molecular weight excluding hydrogens is 390 g/mol. The maximum absolute atomic E-state index is 6.03. The molecule has 0 N–H and O–H groups in total. The average molecular weight is 404 g/mol. The number of para-hydroxylation sites is 1. The smallest absolute Gasteiger partial charge is 0.258 e. The average Bonchev–Trinajstić information content (AvgIpc) is 3.40. The second kappa shape index (κ2) is 7.19. The minimum absolute atomic E-state index is 0.500. The van der Waals surface area contributed by atoms with Gasteiger partial charge in [-0.15, -0.1) is 11.3 Å². The van der Waals surface area contributed by atoms with Crippen molar-refractivity contribution >= 4 is 33.8 Å². The molecule has 0 unspecified atom stereocenters. The lowest BCUT2D eigenvalue weighted by molar-refractivity contribution is 0.424. The fourth-order valence-electron chi connectivity index (χ4n) is 3.13. The zero-order valence-electron chi connectivity index (χ0n) is 14.7. The van der Waals surface area contributed by atoms with Gasteiger partial charge in [-0.1, -0.05) is 53.2 Å². The minimum atomic E-state index is 0.500. The highest BCUT2D eigenvalue weighted by atomic mass is 35.5. The number of hydrogen-bond acceptors (Lipinski definition) is 5. The number of thiophene rings is 1. The third-order valence-corrected chi connectivity index (χ3v) is 5.60. The van der Waals surface area contributed by atoms with E-state index in [-0.39, 0.29) is 0 Å². The van der Waals surface area contributed by atoms with Crippen LogP contribution in [-0.2, 0) is 6.42 Å². The summed E-state index contributed by atoms with van der Waals surface area (Å²) in [6, 6.07) is 21.7. The maximum atomic E-state index is 6.03. The van der Waals surface area contributed by atoms with Crippen molar-refractivity contribution in [2.45, 2.75) is 6.42 Å². The number of benzene rings is 2. The van der Waals surface area contributed by atoms with Crippen molar-refractivity contribution in [3.05, 3.63) is 87.8 Å². The molecule has 3 heterocycles. The fraction of sp³-hybridized carbons (Fsp3) is 0.0455. The number of fused-ring (bicyclic) bond motifs is 1. The van der Waals surface area contributed by atoms with Crippen molar-refractivity contribution in [1.82, 2.24) is 15.1 Å². The molecule has 136 valence electrons. The number of aromatic nitrogens is 3. The summed E-state index contributed by atoms with van der Waals surface area (Å²) in [6.45, 7) is 0. The highest BCUT2D eigenvalue weighted by Crippen LogP contribution is 2.31. The van der Waals surface area contributed by atoms with Crippen LogP contribution in [0.1, 0.15) is 10.7 Å². The van der Waals surface area contributed by atoms with Crippen LogP contribution >= 0.6 is 22.9 Å².